The van der Waals surface area contributed by atoms with Crippen LogP contribution in [0.1, 0.15) is 39.5 Å². The van der Waals surface area contributed by atoms with Gasteiger partial charge in [-0.1, -0.05) is 6.42 Å². The SMILES string of the molecule is CC(C)N(CC(=O)O)C(=O)CCCC[C@@H]1SC[C@@H]2NC(=O)N[C@@H]21. The maximum Gasteiger partial charge on any atom is 0.323 e. The average molecular weight is 343 g/mol. The minimum absolute atomic E-state index is 0.0817. The summed E-state index contributed by atoms with van der Waals surface area (Å²) in [6.45, 7) is 3.41. The molecule has 0 aromatic rings. The van der Waals surface area contributed by atoms with Crippen LogP contribution in [0.15, 0.2) is 0 Å². The summed E-state index contributed by atoms with van der Waals surface area (Å²) in [7, 11) is 0. The van der Waals surface area contributed by atoms with E-state index in [4.69, 9.17) is 5.11 Å². The van der Waals surface area contributed by atoms with E-state index in [9.17, 15) is 14.4 Å². The third-order valence-corrected chi connectivity index (χ3v) is 5.83. The number of carbonyl (C=O) groups excluding carboxylic acids is 2. The first-order valence-corrected chi connectivity index (χ1v) is 9.13. The molecule has 3 atom stereocenters. The summed E-state index contributed by atoms with van der Waals surface area (Å²) in [4.78, 5) is 35.7. The standard InChI is InChI=1S/C15H25N3O4S/c1-9(2)18(7-13(20)21)12(19)6-4-3-5-11-14-10(8-23-11)16-15(22)17-14/h9-11,14H,3-8H2,1-2H3,(H,20,21)(H2,16,17,22)/t10-,11-,14-/m0/s1. The number of carboxylic acids is 1. The van der Waals surface area contributed by atoms with Crippen molar-refractivity contribution in [2.24, 2.45) is 0 Å². The molecule has 0 aromatic heterocycles. The van der Waals surface area contributed by atoms with Crippen molar-refractivity contribution in [2.45, 2.75) is 62.9 Å². The number of hydrogen-bond acceptors (Lipinski definition) is 4. The van der Waals surface area contributed by atoms with Crippen molar-refractivity contribution >= 4 is 29.7 Å². The summed E-state index contributed by atoms with van der Waals surface area (Å²) in [6, 6.07) is 0.236. The zero-order chi connectivity index (χ0) is 17.0. The molecule has 0 unspecified atom stereocenters. The quantitative estimate of drug-likeness (QED) is 0.452. The van der Waals surface area contributed by atoms with Crippen LogP contribution in [0.2, 0.25) is 0 Å². The number of thioether (sulfide) groups is 1. The summed E-state index contributed by atoms with van der Waals surface area (Å²) in [6.07, 6.45) is 2.99. The molecule has 23 heavy (non-hydrogen) atoms. The number of fused-ring (bicyclic) bond motifs is 1. The first-order valence-electron chi connectivity index (χ1n) is 8.08. The first-order chi connectivity index (χ1) is 10.9. The predicted molar refractivity (Wildman–Crippen MR) is 88.4 cm³/mol. The Balaban J connectivity index is 1.69. The van der Waals surface area contributed by atoms with Gasteiger partial charge in [0.05, 0.1) is 12.1 Å². The van der Waals surface area contributed by atoms with Crippen molar-refractivity contribution in [3.8, 4) is 0 Å². The lowest BCUT2D eigenvalue weighted by Crippen LogP contribution is -2.40. The van der Waals surface area contributed by atoms with Crippen molar-refractivity contribution in [2.75, 3.05) is 12.3 Å². The summed E-state index contributed by atoms with van der Waals surface area (Å²) in [5.41, 5.74) is 0. The Morgan fingerprint density at radius 3 is 2.74 bits per heavy atom. The second kappa shape index (κ2) is 7.90. The molecule has 0 aromatic carbocycles. The largest absolute Gasteiger partial charge is 0.480 e. The van der Waals surface area contributed by atoms with Crippen LogP contribution < -0.4 is 10.6 Å². The molecular formula is C15H25N3O4S. The highest BCUT2D eigenvalue weighted by Crippen LogP contribution is 2.33. The highest BCUT2D eigenvalue weighted by Gasteiger charge is 2.42. The van der Waals surface area contributed by atoms with Gasteiger partial charge in [-0.15, -0.1) is 0 Å². The third kappa shape index (κ3) is 4.76. The summed E-state index contributed by atoms with van der Waals surface area (Å²) in [5, 5.41) is 15.1. The van der Waals surface area contributed by atoms with Gasteiger partial charge >= 0.3 is 12.0 Å². The van der Waals surface area contributed by atoms with Gasteiger partial charge in [0.1, 0.15) is 6.54 Å². The van der Waals surface area contributed by atoms with Crippen LogP contribution in [0, 0.1) is 0 Å². The van der Waals surface area contributed by atoms with Crippen LogP contribution in [-0.4, -0.2) is 63.6 Å². The molecular weight excluding hydrogens is 318 g/mol. The molecule has 2 saturated heterocycles. The Kier molecular flexibility index (Phi) is 6.15. The van der Waals surface area contributed by atoms with Gasteiger partial charge in [0.15, 0.2) is 0 Å². The van der Waals surface area contributed by atoms with Crippen molar-refractivity contribution in [1.82, 2.24) is 15.5 Å². The molecule has 2 fully saturated rings. The van der Waals surface area contributed by atoms with Crippen molar-refractivity contribution in [3.63, 3.8) is 0 Å². The van der Waals surface area contributed by atoms with Crippen molar-refractivity contribution < 1.29 is 19.5 Å². The number of aliphatic carboxylic acids is 1. The highest BCUT2D eigenvalue weighted by molar-refractivity contribution is 8.00. The van der Waals surface area contributed by atoms with Gasteiger partial charge in [-0.05, 0) is 26.7 Å². The van der Waals surface area contributed by atoms with Gasteiger partial charge in [0, 0.05) is 23.5 Å². The number of rotatable bonds is 8. The molecule has 2 rings (SSSR count). The fourth-order valence-electron chi connectivity index (χ4n) is 3.11. The molecule has 2 heterocycles. The van der Waals surface area contributed by atoms with Gasteiger partial charge in [-0.3, -0.25) is 9.59 Å². The van der Waals surface area contributed by atoms with E-state index < -0.39 is 5.97 Å². The van der Waals surface area contributed by atoms with Gasteiger partial charge in [-0.2, -0.15) is 11.8 Å². The lowest BCUT2D eigenvalue weighted by Gasteiger charge is -2.25. The molecule has 0 radical (unpaired) electrons. The Hall–Kier alpha value is -1.44. The molecule has 130 valence electrons. The van der Waals surface area contributed by atoms with E-state index >= 15 is 0 Å². The third-order valence-electron chi connectivity index (χ3n) is 4.32. The second-order valence-electron chi connectivity index (χ2n) is 6.38. The molecule has 0 bridgehead atoms. The fraction of sp³-hybridized carbons (Fsp3) is 0.800. The van der Waals surface area contributed by atoms with Crippen LogP contribution in [0.5, 0.6) is 0 Å². The van der Waals surface area contributed by atoms with E-state index in [1.54, 1.807) is 0 Å². The van der Waals surface area contributed by atoms with E-state index in [0.29, 0.717) is 11.7 Å². The second-order valence-corrected chi connectivity index (χ2v) is 7.65. The van der Waals surface area contributed by atoms with Crippen molar-refractivity contribution in [1.29, 1.82) is 0 Å². The Bertz CT molecular complexity index is 472. The number of urea groups is 1. The lowest BCUT2D eigenvalue weighted by atomic mass is 10.0. The van der Waals surface area contributed by atoms with Crippen LogP contribution in [-0.2, 0) is 9.59 Å². The molecule has 2 aliphatic heterocycles. The maximum atomic E-state index is 12.1. The van der Waals surface area contributed by atoms with E-state index in [0.717, 1.165) is 25.0 Å². The zero-order valence-corrected chi connectivity index (χ0v) is 14.4. The molecule has 2 aliphatic rings. The monoisotopic (exact) mass is 343 g/mol. The van der Waals surface area contributed by atoms with Gasteiger partial charge in [0.25, 0.3) is 0 Å². The van der Waals surface area contributed by atoms with E-state index in [-0.39, 0.29) is 36.6 Å². The topological polar surface area (TPSA) is 98.7 Å². The van der Waals surface area contributed by atoms with E-state index in [1.165, 1.54) is 4.90 Å². The predicted octanol–water partition coefficient (Wildman–Crippen LogP) is 1.03. The Morgan fingerprint density at radius 2 is 2.09 bits per heavy atom. The van der Waals surface area contributed by atoms with Crippen molar-refractivity contribution in [3.05, 3.63) is 0 Å². The van der Waals surface area contributed by atoms with E-state index in [2.05, 4.69) is 10.6 Å². The molecule has 8 heteroatoms. The van der Waals surface area contributed by atoms with Crippen LogP contribution in [0.4, 0.5) is 4.79 Å². The minimum Gasteiger partial charge on any atom is -0.480 e. The van der Waals surface area contributed by atoms with Crippen LogP contribution in [0.3, 0.4) is 0 Å². The summed E-state index contributed by atoms with van der Waals surface area (Å²) >= 11 is 1.86. The van der Waals surface area contributed by atoms with Gasteiger partial charge in [-0.25, -0.2) is 4.79 Å². The number of hydrogen-bond donors (Lipinski definition) is 3. The lowest BCUT2D eigenvalue weighted by molar-refractivity contribution is -0.145. The van der Waals surface area contributed by atoms with Gasteiger partial charge in [0.2, 0.25) is 5.91 Å². The fourth-order valence-corrected chi connectivity index (χ4v) is 4.66. The van der Waals surface area contributed by atoms with E-state index in [1.807, 2.05) is 25.6 Å². The zero-order valence-electron chi connectivity index (χ0n) is 13.6. The Labute approximate surface area is 140 Å². The molecule has 3 amide bonds. The number of nitrogens with one attached hydrogen (secondary N) is 2. The average Bonchev–Trinajstić information content (AvgIpc) is 3.00. The van der Waals surface area contributed by atoms with Crippen LogP contribution >= 0.6 is 11.8 Å². The number of carbonyl (C=O) groups is 3. The number of nitrogens with zero attached hydrogens (tertiary/aromatic N) is 1. The highest BCUT2D eigenvalue weighted by atomic mass is 32.2. The molecule has 7 nitrogen and oxygen atoms in total. The van der Waals surface area contributed by atoms with Gasteiger partial charge < -0.3 is 20.6 Å². The summed E-state index contributed by atoms with van der Waals surface area (Å²) in [5.74, 6) is -0.146. The molecule has 0 saturated carbocycles. The maximum absolute atomic E-state index is 12.1. The minimum atomic E-state index is -0.982. The number of unbranched alkanes of at least 4 members (excludes halogenated alkanes) is 1. The first kappa shape index (κ1) is 17.9. The normalized spacial score (nSPS) is 25.9. The summed E-state index contributed by atoms with van der Waals surface area (Å²) < 4.78 is 0. The molecule has 0 spiro atoms. The molecule has 0 aliphatic carbocycles. The Morgan fingerprint density at radius 1 is 1.35 bits per heavy atom. The molecule has 3 N–H and O–H groups in total. The number of carboxylic acid groups (broad SMARTS) is 1. The van der Waals surface area contributed by atoms with Crippen LogP contribution in [0.25, 0.3) is 0 Å². The number of amides is 3. The smallest absolute Gasteiger partial charge is 0.323 e.